The van der Waals surface area contributed by atoms with Crippen molar-refractivity contribution in [3.8, 4) is 11.3 Å². The molecule has 0 amide bonds. The van der Waals surface area contributed by atoms with Gasteiger partial charge in [0.2, 0.25) is 0 Å². The van der Waals surface area contributed by atoms with Gasteiger partial charge < -0.3 is 10.1 Å². The number of rotatable bonds is 1. The predicted molar refractivity (Wildman–Crippen MR) is 86.6 cm³/mol. The van der Waals surface area contributed by atoms with Gasteiger partial charge in [-0.3, -0.25) is 4.98 Å². The average molecular weight is 288 g/mol. The van der Waals surface area contributed by atoms with Crippen molar-refractivity contribution in [3.05, 3.63) is 65.5 Å². The Labute approximate surface area is 126 Å². The number of aromatic carboxylic acids is 1. The number of fused-ring (bicyclic) bond motifs is 4. The zero-order valence-corrected chi connectivity index (χ0v) is 11.6. The van der Waals surface area contributed by atoms with E-state index in [-0.39, 0.29) is 5.56 Å². The maximum atomic E-state index is 11.1. The van der Waals surface area contributed by atoms with E-state index in [0.717, 1.165) is 33.3 Å². The Bertz CT molecular complexity index is 964. The number of carboxylic acid groups (broad SMARTS) is 1. The Kier molecular flexibility index (Phi) is 2.69. The first-order valence-electron chi connectivity index (χ1n) is 6.92. The highest BCUT2D eigenvalue weighted by atomic mass is 16.4. The fourth-order valence-electron chi connectivity index (χ4n) is 2.73. The largest absolute Gasteiger partial charge is 0.478 e. The fourth-order valence-corrected chi connectivity index (χ4v) is 2.73. The lowest BCUT2D eigenvalue weighted by atomic mass is 9.95. The highest BCUT2D eigenvalue weighted by Crippen LogP contribution is 2.32. The summed E-state index contributed by atoms with van der Waals surface area (Å²) in [5, 5.41) is 10.2. The molecule has 106 valence electrons. The zero-order chi connectivity index (χ0) is 15.1. The van der Waals surface area contributed by atoms with Crippen LogP contribution in [0.15, 0.2) is 48.8 Å². The quantitative estimate of drug-likeness (QED) is 0.712. The Balaban J connectivity index is 2.03. The van der Waals surface area contributed by atoms with E-state index < -0.39 is 5.97 Å². The first-order valence-corrected chi connectivity index (χ1v) is 6.92. The first-order chi connectivity index (χ1) is 10.7. The second-order valence-electron chi connectivity index (χ2n) is 5.19. The van der Waals surface area contributed by atoms with Crippen molar-refractivity contribution in [2.24, 2.45) is 0 Å². The van der Waals surface area contributed by atoms with Crippen LogP contribution < -0.4 is 0 Å². The van der Waals surface area contributed by atoms with Crippen LogP contribution in [0.25, 0.3) is 34.3 Å². The second kappa shape index (κ2) is 4.70. The van der Waals surface area contributed by atoms with E-state index in [0.29, 0.717) is 0 Å². The summed E-state index contributed by atoms with van der Waals surface area (Å²) in [5.41, 5.74) is 4.91. The minimum Gasteiger partial charge on any atom is -0.478 e. The highest BCUT2D eigenvalue weighted by molar-refractivity contribution is 5.94. The molecule has 2 heterocycles. The number of hydrogen-bond acceptors (Lipinski definition) is 2. The van der Waals surface area contributed by atoms with Crippen LogP contribution in [0.2, 0.25) is 0 Å². The molecule has 4 heteroatoms. The average Bonchev–Trinajstić information content (AvgIpc) is 2.95. The molecule has 0 unspecified atom stereocenters. The van der Waals surface area contributed by atoms with Gasteiger partial charge in [-0.2, -0.15) is 0 Å². The number of carbonyl (C=O) groups is 1. The molecular weight excluding hydrogens is 276 g/mol. The summed E-state index contributed by atoms with van der Waals surface area (Å²) in [6.07, 6.45) is 11.1. The molecule has 0 atom stereocenters. The van der Waals surface area contributed by atoms with Crippen LogP contribution >= 0.6 is 0 Å². The molecule has 0 bridgehead atoms. The van der Waals surface area contributed by atoms with Crippen molar-refractivity contribution >= 4 is 29.0 Å². The lowest BCUT2D eigenvalue weighted by Gasteiger charge is -2.12. The summed E-state index contributed by atoms with van der Waals surface area (Å²) in [6.45, 7) is 0. The number of aromatic nitrogens is 2. The predicted octanol–water partition coefficient (Wildman–Crippen LogP) is 3.97. The molecule has 0 aliphatic heterocycles. The number of carboxylic acids is 1. The van der Waals surface area contributed by atoms with Crippen LogP contribution in [0.5, 0.6) is 0 Å². The number of nitrogens with zero attached hydrogens (tertiary/aromatic N) is 1. The molecular formula is C18H12N2O2. The number of pyridine rings is 1. The minimum absolute atomic E-state index is 0.192. The maximum Gasteiger partial charge on any atom is 0.337 e. The summed E-state index contributed by atoms with van der Waals surface area (Å²) in [7, 11) is 0. The number of aromatic amines is 1. The molecule has 0 saturated heterocycles. The minimum atomic E-state index is -0.970. The van der Waals surface area contributed by atoms with E-state index in [1.807, 2.05) is 36.6 Å². The Morgan fingerprint density at radius 2 is 1.91 bits per heavy atom. The lowest BCUT2D eigenvalue weighted by molar-refractivity contribution is 0.0696. The number of hydrogen-bond donors (Lipinski definition) is 2. The van der Waals surface area contributed by atoms with E-state index in [9.17, 15) is 4.79 Å². The topological polar surface area (TPSA) is 66.0 Å². The molecule has 0 fully saturated rings. The zero-order valence-electron chi connectivity index (χ0n) is 11.6. The first kappa shape index (κ1) is 12.6. The Morgan fingerprint density at radius 3 is 2.73 bits per heavy atom. The summed E-state index contributed by atoms with van der Waals surface area (Å²) < 4.78 is 0. The summed E-state index contributed by atoms with van der Waals surface area (Å²) in [4.78, 5) is 18.7. The third-order valence-electron chi connectivity index (χ3n) is 3.81. The van der Waals surface area contributed by atoms with Crippen LogP contribution in [-0.4, -0.2) is 21.0 Å². The summed E-state index contributed by atoms with van der Waals surface area (Å²) in [6, 6.07) is 7.83. The van der Waals surface area contributed by atoms with Gasteiger partial charge in [-0.05, 0) is 29.8 Å². The molecule has 0 saturated carbocycles. The number of H-pyrrole nitrogens is 1. The molecule has 2 N–H and O–H groups in total. The molecule has 4 rings (SSSR count). The van der Waals surface area contributed by atoms with Crippen LogP contribution in [0.1, 0.15) is 21.5 Å². The second-order valence-corrected chi connectivity index (χ2v) is 5.19. The lowest BCUT2D eigenvalue weighted by Crippen LogP contribution is -2.00. The van der Waals surface area contributed by atoms with Crippen LogP contribution in [-0.2, 0) is 0 Å². The van der Waals surface area contributed by atoms with Crippen LogP contribution in [0.4, 0.5) is 0 Å². The van der Waals surface area contributed by atoms with Gasteiger partial charge >= 0.3 is 5.97 Å². The number of benzene rings is 1. The van der Waals surface area contributed by atoms with Crippen molar-refractivity contribution in [1.82, 2.24) is 9.97 Å². The van der Waals surface area contributed by atoms with Crippen molar-refractivity contribution in [2.75, 3.05) is 0 Å². The molecule has 3 aromatic rings. The maximum absolute atomic E-state index is 11.1. The third kappa shape index (κ3) is 1.93. The van der Waals surface area contributed by atoms with Crippen LogP contribution in [0.3, 0.4) is 0 Å². The molecule has 4 nitrogen and oxygen atoms in total. The van der Waals surface area contributed by atoms with Gasteiger partial charge in [0.25, 0.3) is 0 Å². The van der Waals surface area contributed by atoms with Gasteiger partial charge in [0, 0.05) is 34.4 Å². The van der Waals surface area contributed by atoms with Crippen molar-refractivity contribution in [3.63, 3.8) is 0 Å². The molecule has 0 spiro atoms. The number of allylic oxidation sites excluding steroid dienone is 2. The van der Waals surface area contributed by atoms with Crippen molar-refractivity contribution in [1.29, 1.82) is 0 Å². The molecule has 2 aromatic heterocycles. The molecule has 1 aliphatic carbocycles. The highest BCUT2D eigenvalue weighted by Gasteiger charge is 2.14. The molecule has 1 aromatic carbocycles. The molecule has 22 heavy (non-hydrogen) atoms. The summed E-state index contributed by atoms with van der Waals surface area (Å²) >= 11 is 0. The fraction of sp³-hybridized carbons (Fsp3) is 0. The van der Waals surface area contributed by atoms with E-state index in [1.54, 1.807) is 6.07 Å². The van der Waals surface area contributed by atoms with Gasteiger partial charge in [0.05, 0.1) is 11.3 Å². The third-order valence-corrected chi connectivity index (χ3v) is 3.81. The van der Waals surface area contributed by atoms with Gasteiger partial charge in [0.15, 0.2) is 0 Å². The van der Waals surface area contributed by atoms with E-state index >= 15 is 0 Å². The van der Waals surface area contributed by atoms with Gasteiger partial charge in [-0.25, -0.2) is 4.79 Å². The summed E-state index contributed by atoms with van der Waals surface area (Å²) in [5.74, 6) is -0.970. The monoisotopic (exact) mass is 288 g/mol. The van der Waals surface area contributed by atoms with E-state index in [1.165, 1.54) is 6.20 Å². The van der Waals surface area contributed by atoms with E-state index in [4.69, 9.17) is 5.11 Å². The normalized spacial score (nSPS) is 15.5. The van der Waals surface area contributed by atoms with Crippen molar-refractivity contribution < 1.29 is 9.90 Å². The van der Waals surface area contributed by atoms with Crippen molar-refractivity contribution in [2.45, 2.75) is 0 Å². The standard InChI is InChI=1S/C18H12N2O2/c21-18(22)14-7-13-4-2-1-3-11-9-16-12(5-6-19-16)8-15(11)17(13)20-10-14/h1-10,19H,(H,21,22)/b2-1?,3-1-,4-2-,11-3?,13-4?,17-15?. The van der Waals surface area contributed by atoms with Crippen LogP contribution in [0, 0.1) is 0 Å². The number of nitrogens with one attached hydrogen (secondary N) is 1. The Hall–Kier alpha value is -3.14. The van der Waals surface area contributed by atoms with Gasteiger partial charge in [-0.15, -0.1) is 0 Å². The smallest absolute Gasteiger partial charge is 0.337 e. The van der Waals surface area contributed by atoms with Gasteiger partial charge in [-0.1, -0.05) is 24.3 Å². The van der Waals surface area contributed by atoms with E-state index in [2.05, 4.69) is 22.1 Å². The molecule has 0 radical (unpaired) electrons. The Morgan fingerprint density at radius 1 is 1.09 bits per heavy atom. The molecule has 1 aliphatic rings. The van der Waals surface area contributed by atoms with Gasteiger partial charge in [0.1, 0.15) is 0 Å². The SMILES string of the molecule is O=C(O)c1cnc2c(c1)/C=C\C=C/c1cc3[nH]ccc3cc1-2.